The van der Waals surface area contributed by atoms with E-state index in [2.05, 4.69) is 19.2 Å². The molecule has 0 aromatic heterocycles. The van der Waals surface area contributed by atoms with Crippen LogP contribution >= 0.6 is 0 Å². The number of anilines is 1. The summed E-state index contributed by atoms with van der Waals surface area (Å²) in [6, 6.07) is 7.46. The van der Waals surface area contributed by atoms with Gasteiger partial charge in [0.05, 0.1) is 13.2 Å². The summed E-state index contributed by atoms with van der Waals surface area (Å²) >= 11 is 0. The highest BCUT2D eigenvalue weighted by atomic mass is 16.5. The van der Waals surface area contributed by atoms with Gasteiger partial charge in [-0.15, -0.1) is 0 Å². The van der Waals surface area contributed by atoms with Gasteiger partial charge in [-0.1, -0.05) is 19.9 Å². The van der Waals surface area contributed by atoms with Crippen molar-refractivity contribution < 1.29 is 9.53 Å². The molecule has 2 rings (SSSR count). The van der Waals surface area contributed by atoms with Gasteiger partial charge in [0, 0.05) is 18.8 Å². The van der Waals surface area contributed by atoms with E-state index >= 15 is 0 Å². The van der Waals surface area contributed by atoms with Crippen LogP contribution in [-0.4, -0.2) is 32.7 Å². The fourth-order valence-electron chi connectivity index (χ4n) is 2.77. The lowest BCUT2D eigenvalue weighted by Gasteiger charge is -2.40. The second-order valence-electron chi connectivity index (χ2n) is 6.08. The third kappa shape index (κ3) is 2.96. The second-order valence-corrected chi connectivity index (χ2v) is 6.08. The van der Waals surface area contributed by atoms with Gasteiger partial charge in [0.25, 0.3) is 0 Å². The van der Waals surface area contributed by atoms with Crippen LogP contribution in [0, 0.1) is 5.41 Å². The summed E-state index contributed by atoms with van der Waals surface area (Å²) < 4.78 is 5.22. The summed E-state index contributed by atoms with van der Waals surface area (Å²) in [7, 11) is 3.45. The lowest BCUT2D eigenvalue weighted by atomic mass is 9.77. The maximum atomic E-state index is 12.7. The first kappa shape index (κ1) is 14.9. The molecule has 1 aromatic rings. The Labute approximate surface area is 121 Å². The van der Waals surface area contributed by atoms with Gasteiger partial charge in [0.2, 0.25) is 5.91 Å². The van der Waals surface area contributed by atoms with Gasteiger partial charge >= 0.3 is 0 Å². The molecule has 1 aromatic carbocycles. The van der Waals surface area contributed by atoms with E-state index in [4.69, 9.17) is 4.74 Å². The van der Waals surface area contributed by atoms with Gasteiger partial charge in [-0.2, -0.15) is 0 Å². The van der Waals surface area contributed by atoms with E-state index in [9.17, 15) is 4.79 Å². The third-order valence-electron chi connectivity index (χ3n) is 4.15. The molecule has 1 aliphatic heterocycles. The maximum absolute atomic E-state index is 12.7. The predicted octanol–water partition coefficient (Wildman–Crippen LogP) is 2.44. The Morgan fingerprint density at radius 3 is 2.85 bits per heavy atom. The predicted molar refractivity (Wildman–Crippen MR) is 81.2 cm³/mol. The molecular weight excluding hydrogens is 252 g/mol. The summed E-state index contributed by atoms with van der Waals surface area (Å²) in [6.07, 6.45) is 2.20. The van der Waals surface area contributed by atoms with Gasteiger partial charge in [-0.3, -0.25) is 4.79 Å². The van der Waals surface area contributed by atoms with Gasteiger partial charge < -0.3 is 15.0 Å². The number of nitrogens with zero attached hydrogens (tertiary/aromatic N) is 1. The molecule has 0 saturated carbocycles. The van der Waals surface area contributed by atoms with Crippen molar-refractivity contribution in [2.45, 2.75) is 32.7 Å². The quantitative estimate of drug-likeness (QED) is 0.922. The summed E-state index contributed by atoms with van der Waals surface area (Å²) in [5, 5.41) is 3.37. The van der Waals surface area contributed by atoms with Crippen LogP contribution in [0.4, 0.5) is 5.69 Å². The van der Waals surface area contributed by atoms with Crippen molar-refractivity contribution in [1.82, 2.24) is 5.32 Å². The molecule has 20 heavy (non-hydrogen) atoms. The van der Waals surface area contributed by atoms with Crippen molar-refractivity contribution in [2.75, 3.05) is 25.6 Å². The Kier molecular flexibility index (Phi) is 4.33. The average molecular weight is 276 g/mol. The van der Waals surface area contributed by atoms with Crippen LogP contribution in [0.2, 0.25) is 0 Å². The summed E-state index contributed by atoms with van der Waals surface area (Å²) in [5.74, 6) is 0.876. The Morgan fingerprint density at radius 1 is 1.45 bits per heavy atom. The Balaban J connectivity index is 2.19. The molecule has 4 heteroatoms. The maximum Gasteiger partial charge on any atom is 0.244 e. The summed E-state index contributed by atoms with van der Waals surface area (Å²) in [6.45, 7) is 5.22. The molecule has 0 aliphatic carbocycles. The molecule has 0 bridgehead atoms. The number of carbonyl (C=O) groups excluding carboxylic acids is 1. The van der Waals surface area contributed by atoms with Crippen molar-refractivity contribution >= 4 is 11.6 Å². The SMILES string of the molecule is COc1cccc(N(C)C(=O)C2NCCCC2(C)C)c1. The Bertz CT molecular complexity index is 485. The lowest BCUT2D eigenvalue weighted by molar-refractivity contribution is -0.123. The minimum atomic E-state index is -0.132. The van der Waals surface area contributed by atoms with Crippen LogP contribution in [0.25, 0.3) is 0 Å². The minimum absolute atomic E-state index is 0.0114. The highest BCUT2D eigenvalue weighted by molar-refractivity contribution is 5.97. The van der Waals surface area contributed by atoms with Crippen LogP contribution < -0.4 is 15.0 Å². The van der Waals surface area contributed by atoms with Gasteiger partial charge in [0.1, 0.15) is 5.75 Å². The monoisotopic (exact) mass is 276 g/mol. The number of hydrogen-bond donors (Lipinski definition) is 1. The van der Waals surface area contributed by atoms with Crippen molar-refractivity contribution in [3.63, 3.8) is 0 Å². The molecule has 0 radical (unpaired) electrons. The fraction of sp³-hybridized carbons (Fsp3) is 0.562. The minimum Gasteiger partial charge on any atom is -0.497 e. The number of carbonyl (C=O) groups is 1. The van der Waals surface area contributed by atoms with Gasteiger partial charge in [-0.25, -0.2) is 0 Å². The Morgan fingerprint density at radius 2 is 2.20 bits per heavy atom. The van der Waals surface area contributed by atoms with Crippen LogP contribution in [0.5, 0.6) is 5.75 Å². The summed E-state index contributed by atoms with van der Waals surface area (Å²) in [5.41, 5.74) is 0.847. The van der Waals surface area contributed by atoms with Crippen molar-refractivity contribution in [3.05, 3.63) is 24.3 Å². The molecule has 0 spiro atoms. The third-order valence-corrected chi connectivity index (χ3v) is 4.15. The highest BCUT2D eigenvalue weighted by Crippen LogP contribution is 2.32. The molecule has 1 N–H and O–H groups in total. The number of likely N-dealkylation sites (N-methyl/N-ethyl adjacent to an activating group) is 1. The zero-order valence-electron chi connectivity index (χ0n) is 12.8. The molecule has 1 fully saturated rings. The van der Waals surface area contributed by atoms with E-state index in [1.54, 1.807) is 12.0 Å². The first-order valence-electron chi connectivity index (χ1n) is 7.11. The van der Waals surface area contributed by atoms with E-state index in [1.807, 2.05) is 31.3 Å². The van der Waals surface area contributed by atoms with E-state index in [0.29, 0.717) is 0 Å². The number of methoxy groups -OCH3 is 1. The van der Waals surface area contributed by atoms with Crippen molar-refractivity contribution in [2.24, 2.45) is 5.41 Å². The first-order chi connectivity index (χ1) is 9.45. The smallest absolute Gasteiger partial charge is 0.244 e. The molecule has 1 aliphatic rings. The van der Waals surface area contributed by atoms with Crippen LogP contribution in [0.1, 0.15) is 26.7 Å². The number of amides is 1. The number of ether oxygens (including phenoxy) is 1. The molecule has 1 heterocycles. The molecule has 1 unspecified atom stereocenters. The number of piperidine rings is 1. The zero-order valence-corrected chi connectivity index (χ0v) is 12.8. The zero-order chi connectivity index (χ0) is 14.8. The van der Waals surface area contributed by atoms with Gasteiger partial charge in [0.15, 0.2) is 0 Å². The van der Waals surface area contributed by atoms with E-state index in [-0.39, 0.29) is 17.4 Å². The van der Waals surface area contributed by atoms with Crippen LogP contribution in [-0.2, 0) is 4.79 Å². The largest absolute Gasteiger partial charge is 0.497 e. The van der Waals surface area contributed by atoms with Crippen LogP contribution in [0.3, 0.4) is 0 Å². The summed E-state index contributed by atoms with van der Waals surface area (Å²) in [4.78, 5) is 14.5. The number of rotatable bonds is 3. The molecule has 110 valence electrons. The average Bonchev–Trinajstić information content (AvgIpc) is 2.45. The van der Waals surface area contributed by atoms with E-state index in [0.717, 1.165) is 30.8 Å². The van der Waals surface area contributed by atoms with Crippen molar-refractivity contribution in [1.29, 1.82) is 0 Å². The molecule has 4 nitrogen and oxygen atoms in total. The number of hydrogen-bond acceptors (Lipinski definition) is 3. The molecule has 1 atom stereocenters. The standard InChI is InChI=1S/C16H24N2O2/c1-16(2)9-6-10-17-14(16)15(19)18(3)12-7-5-8-13(11-12)20-4/h5,7-8,11,14,17H,6,9-10H2,1-4H3. The molecule has 1 amide bonds. The normalized spacial score (nSPS) is 21.3. The number of nitrogens with one attached hydrogen (secondary N) is 1. The highest BCUT2D eigenvalue weighted by Gasteiger charge is 2.38. The van der Waals surface area contributed by atoms with Gasteiger partial charge in [-0.05, 0) is 36.9 Å². The Hall–Kier alpha value is -1.55. The van der Waals surface area contributed by atoms with E-state index in [1.165, 1.54) is 0 Å². The van der Waals surface area contributed by atoms with Crippen LogP contribution in [0.15, 0.2) is 24.3 Å². The van der Waals surface area contributed by atoms with Crippen molar-refractivity contribution in [3.8, 4) is 5.75 Å². The first-order valence-corrected chi connectivity index (χ1v) is 7.11. The molecular formula is C16H24N2O2. The fourth-order valence-corrected chi connectivity index (χ4v) is 2.77. The lowest BCUT2D eigenvalue weighted by Crippen LogP contribution is -2.56. The second kappa shape index (κ2) is 5.83. The topological polar surface area (TPSA) is 41.6 Å². The number of benzene rings is 1. The van der Waals surface area contributed by atoms with E-state index < -0.39 is 0 Å². The molecule has 1 saturated heterocycles.